The van der Waals surface area contributed by atoms with Crippen LogP contribution in [0, 0.1) is 19.4 Å². The van der Waals surface area contributed by atoms with E-state index in [1.807, 2.05) is 39.4 Å². The zero-order valence-electron chi connectivity index (χ0n) is 28.2. The van der Waals surface area contributed by atoms with Crippen LogP contribution in [-0.2, 0) is 17.8 Å². The summed E-state index contributed by atoms with van der Waals surface area (Å²) < 4.78 is 33.5. The van der Waals surface area contributed by atoms with Gasteiger partial charge >= 0.3 is 6.01 Å². The molecule has 254 valence electrons. The smallest absolute Gasteiger partial charge is 0.318 e. The zero-order valence-corrected chi connectivity index (χ0v) is 28.2. The van der Waals surface area contributed by atoms with Gasteiger partial charge in [-0.15, -0.1) is 0 Å². The van der Waals surface area contributed by atoms with Crippen molar-refractivity contribution in [3.05, 3.63) is 71.5 Å². The van der Waals surface area contributed by atoms with Crippen molar-refractivity contribution in [1.29, 1.82) is 0 Å². The Kier molecular flexibility index (Phi) is 9.52. The van der Waals surface area contributed by atoms with Crippen LogP contribution < -0.4 is 14.5 Å². The average molecular weight is 659 g/mol. The first-order chi connectivity index (χ1) is 23.0. The Morgan fingerprint density at radius 1 is 1.21 bits per heavy atom. The number of nitrogens with zero attached hydrogens (tertiary/aromatic N) is 8. The fourth-order valence-corrected chi connectivity index (χ4v) is 7.46. The molecule has 4 heterocycles. The maximum Gasteiger partial charge on any atom is 0.318 e. The standard InChI is InChI=1S/C36H44F2N8O2/c1-7-32(47)46-14-13-45(21-28(46)18-39-5)34-29-11-12-44(31-19-40-17-26-10-8-9-23(2)33(26)31)22-30(29)41-35(42-34)48-24(3)20-43(6)25(4)27-15-36(37,38)16-27/h7-10,17,19,24-25,27-28H,1,11-16,18,20-22H2,2-4,6H3/t24-,25-,28+/m1/s1. The number of amides is 1. The number of piperazine rings is 1. The molecule has 10 nitrogen and oxygen atoms in total. The largest absolute Gasteiger partial charge is 0.459 e. The second kappa shape index (κ2) is 13.6. The van der Waals surface area contributed by atoms with Crippen molar-refractivity contribution >= 4 is 28.2 Å². The lowest BCUT2D eigenvalue weighted by Crippen LogP contribution is -2.56. The van der Waals surface area contributed by atoms with E-state index in [0.29, 0.717) is 39.1 Å². The van der Waals surface area contributed by atoms with Crippen LogP contribution >= 0.6 is 0 Å². The first kappa shape index (κ1) is 33.5. The third kappa shape index (κ3) is 6.79. The Balaban J connectivity index is 1.29. The normalized spacial score (nSPS) is 20.5. The van der Waals surface area contributed by atoms with Crippen LogP contribution in [0.15, 0.2) is 43.2 Å². The molecule has 0 unspecified atom stereocenters. The molecule has 3 aromatic rings. The summed E-state index contributed by atoms with van der Waals surface area (Å²) in [6.07, 6.45) is 5.36. The van der Waals surface area contributed by atoms with Gasteiger partial charge in [0.1, 0.15) is 18.0 Å². The maximum absolute atomic E-state index is 13.6. The molecule has 1 aromatic carbocycles. The predicted molar refractivity (Wildman–Crippen MR) is 182 cm³/mol. The van der Waals surface area contributed by atoms with Crippen LogP contribution in [0.1, 0.15) is 43.5 Å². The summed E-state index contributed by atoms with van der Waals surface area (Å²) in [5.74, 6) is -2.00. The second-order valence-electron chi connectivity index (χ2n) is 13.6. The monoisotopic (exact) mass is 658 g/mol. The van der Waals surface area contributed by atoms with Gasteiger partial charge in [-0.1, -0.05) is 24.8 Å². The van der Waals surface area contributed by atoms with Crippen molar-refractivity contribution in [3.63, 3.8) is 0 Å². The molecule has 3 atom stereocenters. The predicted octanol–water partition coefficient (Wildman–Crippen LogP) is 5.15. The van der Waals surface area contributed by atoms with E-state index < -0.39 is 5.92 Å². The number of fused-ring (bicyclic) bond motifs is 2. The molecule has 0 spiro atoms. The zero-order chi connectivity index (χ0) is 34.2. The lowest BCUT2D eigenvalue weighted by atomic mass is 9.76. The first-order valence-electron chi connectivity index (χ1n) is 16.7. The molecule has 6 rings (SSSR count). The van der Waals surface area contributed by atoms with Gasteiger partial charge in [0.15, 0.2) is 0 Å². The van der Waals surface area contributed by atoms with Crippen LogP contribution in [0.2, 0.25) is 0 Å². The number of rotatable bonds is 10. The fraction of sp³-hybridized carbons (Fsp3) is 0.528. The molecule has 2 fully saturated rings. The minimum atomic E-state index is -2.55. The molecule has 1 aliphatic carbocycles. The van der Waals surface area contributed by atoms with Crippen molar-refractivity contribution in [2.75, 3.05) is 56.1 Å². The van der Waals surface area contributed by atoms with Gasteiger partial charge in [-0.05, 0) is 51.8 Å². The third-order valence-corrected chi connectivity index (χ3v) is 10.2. The van der Waals surface area contributed by atoms with Gasteiger partial charge < -0.3 is 24.3 Å². The molecule has 12 heteroatoms. The number of likely N-dealkylation sites (N-methyl/N-ethyl adjacent to an activating group) is 1. The Bertz CT molecular complexity index is 1710. The molecule has 2 aromatic heterocycles. The van der Waals surface area contributed by atoms with Crippen molar-refractivity contribution in [1.82, 2.24) is 24.8 Å². The second-order valence-corrected chi connectivity index (χ2v) is 13.6. The van der Waals surface area contributed by atoms with Crippen molar-refractivity contribution in [2.24, 2.45) is 5.92 Å². The van der Waals surface area contributed by atoms with Crippen LogP contribution in [0.5, 0.6) is 6.01 Å². The Morgan fingerprint density at radius 3 is 2.73 bits per heavy atom. The van der Waals surface area contributed by atoms with Gasteiger partial charge in [-0.25, -0.2) is 15.4 Å². The summed E-state index contributed by atoms with van der Waals surface area (Å²) in [5, 5.41) is 2.25. The van der Waals surface area contributed by atoms with Gasteiger partial charge in [0.25, 0.3) is 0 Å². The minimum absolute atomic E-state index is 0.00374. The molecule has 2 aliphatic heterocycles. The molecule has 48 heavy (non-hydrogen) atoms. The van der Waals surface area contributed by atoms with Gasteiger partial charge in [0.2, 0.25) is 18.4 Å². The Hall–Kier alpha value is -4.37. The lowest BCUT2D eigenvalue weighted by Gasteiger charge is -2.42. The molecule has 0 N–H and O–H groups in total. The molecular formula is C36H44F2N8O2. The molecule has 1 amide bonds. The third-order valence-electron chi connectivity index (χ3n) is 10.2. The Labute approximate surface area is 281 Å². The highest BCUT2D eigenvalue weighted by molar-refractivity contribution is 5.96. The highest BCUT2D eigenvalue weighted by Crippen LogP contribution is 2.45. The number of carbonyl (C=O) groups is 1. The molecule has 0 bridgehead atoms. The highest BCUT2D eigenvalue weighted by Gasteiger charge is 2.48. The number of hydrogen-bond donors (Lipinski definition) is 0. The minimum Gasteiger partial charge on any atom is -0.459 e. The van der Waals surface area contributed by atoms with Crippen molar-refractivity contribution < 1.29 is 18.3 Å². The van der Waals surface area contributed by atoms with Gasteiger partial charge in [-0.2, -0.15) is 9.97 Å². The van der Waals surface area contributed by atoms with Crippen LogP contribution in [0.3, 0.4) is 0 Å². The van der Waals surface area contributed by atoms with Crippen molar-refractivity contribution in [3.8, 4) is 6.01 Å². The summed E-state index contributed by atoms with van der Waals surface area (Å²) in [7, 11) is 1.94. The number of anilines is 2. The quantitative estimate of drug-likeness (QED) is 0.219. The molecule has 0 radical (unpaired) electrons. The summed E-state index contributed by atoms with van der Waals surface area (Å²) in [6.45, 7) is 20.7. The number of benzene rings is 1. The summed E-state index contributed by atoms with van der Waals surface area (Å²) in [5.41, 5.74) is 4.14. The summed E-state index contributed by atoms with van der Waals surface area (Å²) in [6, 6.07) is 6.19. The van der Waals surface area contributed by atoms with E-state index in [0.717, 1.165) is 34.7 Å². The SMILES string of the molecule is [C-]#[N+]C[C@H]1CN(c2nc(O[C@H](C)CN(C)[C@H](C)C3CC(F)(F)C3)nc3c2CCN(c2cncc4cccc(C)c24)C3)CCN1C(=O)C=C. The van der Waals surface area contributed by atoms with Crippen LogP contribution in [-0.4, -0.2) is 101 Å². The average Bonchev–Trinajstić information content (AvgIpc) is 3.05. The number of alkyl halides is 2. The Morgan fingerprint density at radius 2 is 2.00 bits per heavy atom. The van der Waals surface area contributed by atoms with E-state index in [4.69, 9.17) is 21.3 Å². The van der Waals surface area contributed by atoms with Gasteiger partial charge in [-0.3, -0.25) is 14.7 Å². The van der Waals surface area contributed by atoms with E-state index >= 15 is 0 Å². The van der Waals surface area contributed by atoms with E-state index in [-0.39, 0.29) is 55.4 Å². The number of halogens is 2. The number of carbonyl (C=O) groups excluding carboxylic acids is 1. The molecule has 3 aliphatic rings. The van der Waals surface area contributed by atoms with Crippen LogP contribution in [0.4, 0.5) is 20.3 Å². The maximum atomic E-state index is 13.6. The number of hydrogen-bond acceptors (Lipinski definition) is 8. The number of aryl methyl sites for hydroxylation is 1. The number of ether oxygens (including phenoxy) is 1. The van der Waals surface area contributed by atoms with E-state index in [1.54, 1.807) is 4.90 Å². The van der Waals surface area contributed by atoms with Gasteiger partial charge in [0, 0.05) is 74.1 Å². The summed E-state index contributed by atoms with van der Waals surface area (Å²) >= 11 is 0. The van der Waals surface area contributed by atoms with E-state index in [9.17, 15) is 13.6 Å². The van der Waals surface area contributed by atoms with E-state index in [1.165, 1.54) is 17.0 Å². The fourth-order valence-electron chi connectivity index (χ4n) is 7.46. The number of aromatic nitrogens is 3. The topological polar surface area (TPSA) is 82.3 Å². The molecular weight excluding hydrogens is 614 g/mol. The lowest BCUT2D eigenvalue weighted by molar-refractivity contribution is -0.129. The first-order valence-corrected chi connectivity index (χ1v) is 16.7. The molecule has 1 saturated heterocycles. The van der Waals surface area contributed by atoms with E-state index in [2.05, 4.69) is 50.2 Å². The van der Waals surface area contributed by atoms with Gasteiger partial charge in [0.05, 0.1) is 24.1 Å². The summed E-state index contributed by atoms with van der Waals surface area (Å²) in [4.78, 5) is 39.0. The number of pyridine rings is 1. The van der Waals surface area contributed by atoms with Crippen LogP contribution in [0.25, 0.3) is 15.6 Å². The van der Waals surface area contributed by atoms with Crippen molar-refractivity contribution in [2.45, 2.75) is 70.7 Å². The molecule has 1 saturated carbocycles. The highest BCUT2D eigenvalue weighted by atomic mass is 19.3.